The molecule has 2 aromatic rings. The zero-order chi connectivity index (χ0) is 28.5. The molecule has 0 saturated heterocycles. The zero-order valence-corrected chi connectivity index (χ0v) is 21.9. The molecule has 0 bridgehead atoms. The number of amides is 1. The molecule has 1 fully saturated rings. The number of hydrogen-bond acceptors (Lipinski definition) is 7. The molecule has 0 atom stereocenters. The average molecular weight is 548 g/mol. The molecule has 1 heterocycles. The number of benzene rings is 1. The fourth-order valence-corrected chi connectivity index (χ4v) is 5.29. The van der Waals surface area contributed by atoms with Crippen molar-refractivity contribution >= 4 is 23.3 Å². The Balaban J connectivity index is 1.71. The van der Waals surface area contributed by atoms with Crippen LogP contribution >= 0.6 is 0 Å². The topological polar surface area (TPSA) is 128 Å². The van der Waals surface area contributed by atoms with Gasteiger partial charge in [-0.25, -0.2) is 4.68 Å². The number of anilines is 1. The number of ketones is 1. The van der Waals surface area contributed by atoms with Crippen molar-refractivity contribution in [2.75, 3.05) is 11.9 Å². The molecule has 9 nitrogen and oxygen atoms in total. The maximum atomic E-state index is 13.9. The third-order valence-electron chi connectivity index (χ3n) is 7.04. The van der Waals surface area contributed by atoms with Crippen LogP contribution in [0.4, 0.5) is 18.9 Å². The van der Waals surface area contributed by atoms with Gasteiger partial charge in [0.1, 0.15) is 6.10 Å². The number of hydrogen-bond donors (Lipinski definition) is 3. The second-order valence-corrected chi connectivity index (χ2v) is 10.7. The predicted octanol–water partition coefficient (Wildman–Crippen LogP) is 4.14. The molecule has 2 aliphatic carbocycles. The van der Waals surface area contributed by atoms with Gasteiger partial charge in [0.2, 0.25) is 0 Å². The molecule has 4 rings (SSSR count). The van der Waals surface area contributed by atoms with Crippen LogP contribution in [0.5, 0.6) is 0 Å². The van der Waals surface area contributed by atoms with E-state index in [1.54, 1.807) is 6.07 Å². The summed E-state index contributed by atoms with van der Waals surface area (Å²) < 4.78 is 48.2. The van der Waals surface area contributed by atoms with Gasteiger partial charge in [-0.1, -0.05) is 20.4 Å². The van der Waals surface area contributed by atoms with E-state index >= 15 is 0 Å². The Kier molecular flexibility index (Phi) is 7.87. The van der Waals surface area contributed by atoms with E-state index in [9.17, 15) is 27.6 Å². The molecule has 0 spiro atoms. The van der Waals surface area contributed by atoms with Crippen molar-refractivity contribution in [3.05, 3.63) is 53.5 Å². The van der Waals surface area contributed by atoms with Crippen LogP contribution in [0.3, 0.4) is 0 Å². The molecule has 1 amide bonds. The molecule has 1 saturated carbocycles. The summed E-state index contributed by atoms with van der Waals surface area (Å²) in [7, 11) is 0. The smallest absolute Gasteiger partial charge is 0.435 e. The Morgan fingerprint density at radius 3 is 2.54 bits per heavy atom. The number of fused-ring (bicyclic) bond motifs is 1. The summed E-state index contributed by atoms with van der Waals surface area (Å²) in [4.78, 5) is 37.1. The highest BCUT2D eigenvalue weighted by atomic mass is 19.4. The van der Waals surface area contributed by atoms with Crippen LogP contribution in [0.2, 0.25) is 0 Å². The summed E-state index contributed by atoms with van der Waals surface area (Å²) in [5.74, 6) is -1.50. The monoisotopic (exact) mass is 547 g/mol. The Morgan fingerprint density at radius 2 is 1.92 bits per heavy atom. The normalized spacial score (nSPS) is 20.6. The van der Waals surface area contributed by atoms with Crippen LogP contribution in [0, 0.1) is 5.41 Å². The highest BCUT2D eigenvalue weighted by molar-refractivity contribution is 6.01. The van der Waals surface area contributed by atoms with Crippen molar-refractivity contribution in [1.82, 2.24) is 15.1 Å². The summed E-state index contributed by atoms with van der Waals surface area (Å²) in [6, 6.07) is 4.49. The molecule has 1 aromatic heterocycles. The van der Waals surface area contributed by atoms with Gasteiger partial charge in [0.25, 0.3) is 5.91 Å². The Morgan fingerprint density at radius 1 is 1.23 bits per heavy atom. The molecule has 0 unspecified atom stereocenters. The predicted molar refractivity (Wildman–Crippen MR) is 137 cm³/mol. The summed E-state index contributed by atoms with van der Waals surface area (Å²) >= 11 is 0. The fourth-order valence-electron chi connectivity index (χ4n) is 5.29. The molecular formula is C27H32F3N5O4. The second-order valence-electron chi connectivity index (χ2n) is 10.7. The van der Waals surface area contributed by atoms with E-state index in [1.165, 1.54) is 23.0 Å². The third kappa shape index (κ3) is 6.16. The summed E-state index contributed by atoms with van der Waals surface area (Å²) in [5.41, 5.74) is 4.33. The van der Waals surface area contributed by atoms with E-state index in [0.717, 1.165) is 0 Å². The Bertz CT molecular complexity index is 1290. The van der Waals surface area contributed by atoms with Crippen molar-refractivity contribution in [1.29, 1.82) is 0 Å². The van der Waals surface area contributed by atoms with Crippen molar-refractivity contribution < 1.29 is 32.3 Å². The van der Waals surface area contributed by atoms with Crippen LogP contribution in [-0.2, 0) is 22.1 Å². The molecule has 39 heavy (non-hydrogen) atoms. The third-order valence-corrected chi connectivity index (χ3v) is 7.04. The number of ether oxygens (including phenoxy) is 1. The van der Waals surface area contributed by atoms with Crippen molar-refractivity contribution in [2.45, 2.75) is 70.7 Å². The van der Waals surface area contributed by atoms with Crippen molar-refractivity contribution in [3.8, 4) is 5.69 Å². The van der Waals surface area contributed by atoms with E-state index in [2.05, 4.69) is 22.3 Å². The van der Waals surface area contributed by atoms with Gasteiger partial charge < -0.3 is 21.1 Å². The van der Waals surface area contributed by atoms with Gasteiger partial charge in [0.05, 0.1) is 29.1 Å². The lowest BCUT2D eigenvalue weighted by Crippen LogP contribution is -2.33. The lowest BCUT2D eigenvalue weighted by atomic mass is 9.75. The number of aromatic nitrogens is 2. The van der Waals surface area contributed by atoms with Gasteiger partial charge in [-0.15, -0.1) is 0 Å². The summed E-state index contributed by atoms with van der Waals surface area (Å²) in [6.45, 7) is 6.98. The van der Waals surface area contributed by atoms with Gasteiger partial charge in [-0.3, -0.25) is 14.4 Å². The minimum absolute atomic E-state index is 0.00843. The lowest BCUT2D eigenvalue weighted by Gasteiger charge is -2.30. The van der Waals surface area contributed by atoms with Crippen LogP contribution in [0.1, 0.15) is 78.1 Å². The maximum Gasteiger partial charge on any atom is 0.435 e. The van der Waals surface area contributed by atoms with Crippen LogP contribution in [-0.4, -0.2) is 46.1 Å². The molecule has 1 aromatic carbocycles. The molecule has 0 aliphatic heterocycles. The number of alkyl halides is 3. The minimum Gasteiger partial charge on any atom is -0.461 e. The SMILES string of the molecule is C=CNC(=O)c1ccc(-n2nc(C(F)(F)F)c3c2CC(C)(C)CC3=O)cc1NC1CCC(OC(=O)CN)CC1. The number of carbonyl (C=O) groups excluding carboxylic acids is 3. The Labute approximate surface area is 223 Å². The number of halogens is 3. The van der Waals surface area contributed by atoms with Crippen molar-refractivity contribution in [3.63, 3.8) is 0 Å². The largest absolute Gasteiger partial charge is 0.461 e. The van der Waals surface area contributed by atoms with Gasteiger partial charge in [-0.05, 0) is 61.9 Å². The lowest BCUT2D eigenvalue weighted by molar-refractivity contribution is -0.148. The first kappa shape index (κ1) is 28.3. The van der Waals surface area contributed by atoms with Gasteiger partial charge in [0.15, 0.2) is 11.5 Å². The summed E-state index contributed by atoms with van der Waals surface area (Å²) in [6.07, 6.45) is -1.14. The quantitative estimate of drug-likeness (QED) is 0.445. The number of rotatable bonds is 7. The molecule has 0 radical (unpaired) electrons. The van der Waals surface area contributed by atoms with E-state index in [-0.39, 0.29) is 48.5 Å². The van der Waals surface area contributed by atoms with E-state index in [1.807, 2.05) is 13.8 Å². The average Bonchev–Trinajstić information content (AvgIpc) is 3.24. The first-order chi connectivity index (χ1) is 18.3. The van der Waals surface area contributed by atoms with E-state index in [4.69, 9.17) is 10.5 Å². The van der Waals surface area contributed by atoms with Gasteiger partial charge in [-0.2, -0.15) is 18.3 Å². The molecule has 2 aliphatic rings. The first-order valence-corrected chi connectivity index (χ1v) is 12.8. The number of Topliss-reactive ketones (excluding diaryl/α,β-unsaturated/α-hetero) is 1. The minimum atomic E-state index is -4.80. The highest BCUT2D eigenvalue weighted by Crippen LogP contribution is 2.42. The first-order valence-electron chi connectivity index (χ1n) is 12.8. The number of carbonyl (C=O) groups is 3. The summed E-state index contributed by atoms with van der Waals surface area (Å²) in [5, 5.41) is 9.72. The zero-order valence-electron chi connectivity index (χ0n) is 21.9. The molecular weight excluding hydrogens is 515 g/mol. The molecule has 12 heteroatoms. The van der Waals surface area contributed by atoms with Crippen LogP contribution < -0.4 is 16.4 Å². The van der Waals surface area contributed by atoms with E-state index in [0.29, 0.717) is 31.4 Å². The number of nitrogens with zero attached hydrogens (tertiary/aromatic N) is 2. The number of nitrogens with two attached hydrogens (primary N) is 1. The van der Waals surface area contributed by atoms with Gasteiger partial charge in [0, 0.05) is 18.2 Å². The van der Waals surface area contributed by atoms with Crippen LogP contribution in [0.15, 0.2) is 31.0 Å². The number of nitrogens with one attached hydrogen (secondary N) is 2. The number of esters is 1. The van der Waals surface area contributed by atoms with E-state index < -0.39 is 40.5 Å². The Hall–Kier alpha value is -3.67. The maximum absolute atomic E-state index is 13.9. The van der Waals surface area contributed by atoms with Gasteiger partial charge >= 0.3 is 12.1 Å². The van der Waals surface area contributed by atoms with Crippen LogP contribution in [0.25, 0.3) is 5.69 Å². The molecule has 210 valence electrons. The second kappa shape index (κ2) is 10.8. The van der Waals surface area contributed by atoms with Crippen molar-refractivity contribution in [2.24, 2.45) is 11.1 Å². The fraction of sp³-hybridized carbons (Fsp3) is 0.481. The molecule has 4 N–H and O–H groups in total. The standard InChI is InChI=1S/C27H32F3N5O4/c1-4-32-25(38)18-10-7-16(11-19(18)33-15-5-8-17(9-6-15)39-22(37)14-31)35-20-12-26(2,3)13-21(36)23(20)24(34-35)27(28,29)30/h4,7,10-11,15,17,33H,1,5-6,8-9,12-14,31H2,2-3H3,(H,32,38). The highest BCUT2D eigenvalue weighted by Gasteiger charge is 2.45.